The second kappa shape index (κ2) is 7.61. The van der Waals surface area contributed by atoms with Crippen molar-refractivity contribution in [2.75, 3.05) is 6.54 Å². The first-order valence-corrected chi connectivity index (χ1v) is 7.32. The van der Waals surface area contributed by atoms with Gasteiger partial charge in [0.05, 0.1) is 6.04 Å². The molecule has 2 N–H and O–H groups in total. The zero-order chi connectivity index (χ0) is 14.4. The predicted octanol–water partition coefficient (Wildman–Crippen LogP) is 3.72. The van der Waals surface area contributed by atoms with Crippen LogP contribution in [0.2, 0.25) is 0 Å². The van der Waals surface area contributed by atoms with Gasteiger partial charge in [-0.25, -0.2) is 4.39 Å². The maximum absolute atomic E-state index is 14.1. The molecule has 0 bridgehead atoms. The molecule has 0 aliphatic heterocycles. The summed E-state index contributed by atoms with van der Waals surface area (Å²) in [5.41, 5.74) is 7.00. The summed E-state index contributed by atoms with van der Waals surface area (Å²) in [5.74, 6) is -0.154. The molecule has 1 aromatic rings. The van der Waals surface area contributed by atoms with Crippen LogP contribution in [0.5, 0.6) is 0 Å². The topological polar surface area (TPSA) is 29.3 Å². The molecule has 19 heavy (non-hydrogen) atoms. The Labute approximate surface area is 116 Å². The molecular weight excluding hydrogens is 239 g/mol. The molecule has 0 saturated heterocycles. The molecule has 0 aliphatic carbocycles. The van der Waals surface area contributed by atoms with E-state index in [4.69, 9.17) is 5.73 Å². The first-order valence-electron chi connectivity index (χ1n) is 7.32. The number of nitrogens with two attached hydrogens (primary N) is 1. The van der Waals surface area contributed by atoms with E-state index < -0.39 is 0 Å². The van der Waals surface area contributed by atoms with Gasteiger partial charge >= 0.3 is 0 Å². The van der Waals surface area contributed by atoms with Gasteiger partial charge in [-0.1, -0.05) is 39.0 Å². The second-order valence-corrected chi connectivity index (χ2v) is 5.13. The SMILES string of the molecule is CCC(N)C(c1ccccc1F)N(CC)C(C)CC. The molecule has 3 atom stereocenters. The quantitative estimate of drug-likeness (QED) is 0.815. The Morgan fingerprint density at radius 3 is 2.26 bits per heavy atom. The molecule has 0 radical (unpaired) electrons. The van der Waals surface area contributed by atoms with Crippen LogP contribution in [0.1, 0.15) is 52.1 Å². The zero-order valence-electron chi connectivity index (χ0n) is 12.6. The van der Waals surface area contributed by atoms with Crippen LogP contribution >= 0.6 is 0 Å². The number of nitrogens with zero attached hydrogens (tertiary/aromatic N) is 1. The molecule has 0 aliphatic rings. The lowest BCUT2D eigenvalue weighted by Gasteiger charge is -2.39. The van der Waals surface area contributed by atoms with Crippen molar-refractivity contribution in [3.63, 3.8) is 0 Å². The Bertz CT molecular complexity index is 381. The van der Waals surface area contributed by atoms with Crippen LogP contribution in [0.25, 0.3) is 0 Å². The predicted molar refractivity (Wildman–Crippen MR) is 79.5 cm³/mol. The minimum absolute atomic E-state index is 0.0499. The summed E-state index contributed by atoms with van der Waals surface area (Å²) >= 11 is 0. The van der Waals surface area contributed by atoms with E-state index in [2.05, 4.69) is 32.6 Å². The number of hydrogen-bond donors (Lipinski definition) is 1. The minimum atomic E-state index is -0.154. The lowest BCUT2D eigenvalue weighted by molar-refractivity contribution is 0.123. The van der Waals surface area contributed by atoms with Gasteiger partial charge in [0, 0.05) is 17.6 Å². The van der Waals surface area contributed by atoms with Crippen LogP contribution in [0, 0.1) is 5.82 Å². The van der Waals surface area contributed by atoms with Crippen molar-refractivity contribution in [1.29, 1.82) is 0 Å². The Morgan fingerprint density at radius 2 is 1.79 bits per heavy atom. The van der Waals surface area contributed by atoms with E-state index >= 15 is 0 Å². The van der Waals surface area contributed by atoms with Gasteiger partial charge in [0.2, 0.25) is 0 Å². The van der Waals surface area contributed by atoms with Crippen LogP contribution in [0.3, 0.4) is 0 Å². The van der Waals surface area contributed by atoms with Crippen molar-refractivity contribution < 1.29 is 4.39 Å². The monoisotopic (exact) mass is 266 g/mol. The number of likely N-dealkylation sites (N-methyl/N-ethyl adjacent to an activating group) is 1. The summed E-state index contributed by atoms with van der Waals surface area (Å²) in [7, 11) is 0. The van der Waals surface area contributed by atoms with E-state index in [1.54, 1.807) is 6.07 Å². The Hall–Kier alpha value is -0.930. The van der Waals surface area contributed by atoms with Crippen LogP contribution in [0.15, 0.2) is 24.3 Å². The van der Waals surface area contributed by atoms with E-state index in [0.29, 0.717) is 6.04 Å². The lowest BCUT2D eigenvalue weighted by Crippen LogP contribution is -2.45. The highest BCUT2D eigenvalue weighted by Gasteiger charge is 2.29. The highest BCUT2D eigenvalue weighted by Crippen LogP contribution is 2.29. The van der Waals surface area contributed by atoms with Gasteiger partial charge in [-0.2, -0.15) is 0 Å². The van der Waals surface area contributed by atoms with Gasteiger partial charge in [0.1, 0.15) is 5.82 Å². The molecule has 3 heteroatoms. The number of benzene rings is 1. The van der Waals surface area contributed by atoms with E-state index in [-0.39, 0.29) is 17.9 Å². The van der Waals surface area contributed by atoms with E-state index in [1.807, 2.05) is 12.1 Å². The number of halogens is 1. The first-order chi connectivity index (χ1) is 9.06. The Balaban J connectivity index is 3.17. The van der Waals surface area contributed by atoms with E-state index in [9.17, 15) is 4.39 Å². The van der Waals surface area contributed by atoms with Crippen molar-refractivity contribution in [2.45, 2.75) is 58.7 Å². The standard InChI is InChI=1S/C16H27FN2/c1-5-12(4)19(7-3)16(15(18)6-2)13-10-8-9-11-14(13)17/h8-12,15-16H,5-7,18H2,1-4H3. The smallest absolute Gasteiger partial charge is 0.128 e. The van der Waals surface area contributed by atoms with E-state index in [0.717, 1.165) is 24.9 Å². The molecule has 0 aromatic heterocycles. The first kappa shape index (κ1) is 16.1. The van der Waals surface area contributed by atoms with Crippen LogP contribution in [0.4, 0.5) is 4.39 Å². The van der Waals surface area contributed by atoms with Crippen LogP contribution in [-0.4, -0.2) is 23.5 Å². The van der Waals surface area contributed by atoms with Crippen molar-refractivity contribution in [2.24, 2.45) is 5.73 Å². The fourth-order valence-electron chi connectivity index (χ4n) is 2.61. The van der Waals surface area contributed by atoms with Gasteiger partial charge in [0.15, 0.2) is 0 Å². The molecule has 0 fully saturated rings. The third-order valence-electron chi connectivity index (χ3n) is 3.98. The molecule has 0 spiro atoms. The average Bonchev–Trinajstić information content (AvgIpc) is 2.44. The van der Waals surface area contributed by atoms with Gasteiger partial charge in [0.25, 0.3) is 0 Å². The number of hydrogen-bond acceptors (Lipinski definition) is 2. The molecule has 2 nitrogen and oxygen atoms in total. The number of rotatable bonds is 7. The molecule has 3 unspecified atom stereocenters. The normalized spacial score (nSPS) is 16.4. The van der Waals surface area contributed by atoms with Crippen LogP contribution in [-0.2, 0) is 0 Å². The zero-order valence-corrected chi connectivity index (χ0v) is 12.6. The fraction of sp³-hybridized carbons (Fsp3) is 0.625. The average molecular weight is 266 g/mol. The molecule has 0 heterocycles. The maximum Gasteiger partial charge on any atom is 0.128 e. The molecule has 0 saturated carbocycles. The van der Waals surface area contributed by atoms with Crippen molar-refractivity contribution in [3.8, 4) is 0 Å². The summed E-state index contributed by atoms with van der Waals surface area (Å²) in [6.07, 6.45) is 1.88. The summed E-state index contributed by atoms with van der Waals surface area (Å²) in [5, 5.41) is 0. The van der Waals surface area contributed by atoms with Crippen LogP contribution < -0.4 is 5.73 Å². The fourth-order valence-corrected chi connectivity index (χ4v) is 2.61. The van der Waals surface area contributed by atoms with Gasteiger partial charge in [-0.05, 0) is 32.4 Å². The van der Waals surface area contributed by atoms with Crippen molar-refractivity contribution >= 4 is 0 Å². The Kier molecular flexibility index (Phi) is 6.46. The Morgan fingerprint density at radius 1 is 1.16 bits per heavy atom. The van der Waals surface area contributed by atoms with Gasteiger partial charge in [-0.15, -0.1) is 0 Å². The minimum Gasteiger partial charge on any atom is -0.326 e. The molecule has 108 valence electrons. The van der Waals surface area contributed by atoms with Crippen molar-refractivity contribution in [1.82, 2.24) is 4.90 Å². The summed E-state index contributed by atoms with van der Waals surface area (Å²) < 4.78 is 14.1. The summed E-state index contributed by atoms with van der Waals surface area (Å²) in [4.78, 5) is 2.31. The highest BCUT2D eigenvalue weighted by atomic mass is 19.1. The third-order valence-corrected chi connectivity index (χ3v) is 3.98. The van der Waals surface area contributed by atoms with Gasteiger partial charge in [-0.3, -0.25) is 4.90 Å². The van der Waals surface area contributed by atoms with Crippen molar-refractivity contribution in [3.05, 3.63) is 35.6 Å². The molecule has 1 rings (SSSR count). The largest absolute Gasteiger partial charge is 0.326 e. The molecule has 1 aromatic carbocycles. The molecule has 0 amide bonds. The third kappa shape index (κ3) is 3.77. The summed E-state index contributed by atoms with van der Waals surface area (Å²) in [6, 6.07) is 7.30. The maximum atomic E-state index is 14.1. The van der Waals surface area contributed by atoms with E-state index in [1.165, 1.54) is 6.07 Å². The van der Waals surface area contributed by atoms with Gasteiger partial charge < -0.3 is 5.73 Å². The highest BCUT2D eigenvalue weighted by molar-refractivity contribution is 5.23. The lowest BCUT2D eigenvalue weighted by atomic mass is 9.94. The summed E-state index contributed by atoms with van der Waals surface area (Å²) in [6.45, 7) is 9.38. The second-order valence-electron chi connectivity index (χ2n) is 5.13. The molecular formula is C16H27FN2.